The van der Waals surface area contributed by atoms with E-state index in [9.17, 15) is 0 Å². The molecule has 96 valence electrons. The average Bonchev–Trinajstić information content (AvgIpc) is 2.85. The van der Waals surface area contributed by atoms with Crippen LogP contribution in [-0.4, -0.2) is 12.6 Å². The number of rotatable bonds is 6. The number of nitrogens with one attached hydrogen (secondary N) is 1. The fourth-order valence-electron chi connectivity index (χ4n) is 2.13. The minimum absolute atomic E-state index is 0.503. The lowest BCUT2D eigenvalue weighted by Crippen LogP contribution is -2.33. The third-order valence-corrected chi connectivity index (χ3v) is 4.48. The number of thiophene rings is 1. The molecule has 2 rings (SSSR count). The molecular formula is C15H18BrNS. The molecule has 0 saturated heterocycles. The molecule has 0 amide bonds. The van der Waals surface area contributed by atoms with Crippen molar-refractivity contribution in [3.63, 3.8) is 0 Å². The van der Waals surface area contributed by atoms with E-state index in [2.05, 4.69) is 69.3 Å². The van der Waals surface area contributed by atoms with E-state index in [1.807, 2.05) is 0 Å². The summed E-state index contributed by atoms with van der Waals surface area (Å²) in [5, 5.41) is 7.97. The van der Waals surface area contributed by atoms with Crippen LogP contribution in [-0.2, 0) is 12.8 Å². The predicted octanol–water partition coefficient (Wildman–Crippen LogP) is 4.27. The minimum atomic E-state index is 0.503. The number of hydrogen-bond donors (Lipinski definition) is 1. The van der Waals surface area contributed by atoms with Crippen molar-refractivity contribution in [3.8, 4) is 0 Å². The van der Waals surface area contributed by atoms with Crippen LogP contribution >= 0.6 is 27.3 Å². The van der Waals surface area contributed by atoms with Gasteiger partial charge in [-0.1, -0.05) is 41.1 Å². The van der Waals surface area contributed by atoms with Crippen molar-refractivity contribution < 1.29 is 0 Å². The van der Waals surface area contributed by atoms with Crippen LogP contribution in [0.25, 0.3) is 0 Å². The van der Waals surface area contributed by atoms with E-state index in [0.717, 1.165) is 19.4 Å². The Balaban J connectivity index is 2.04. The van der Waals surface area contributed by atoms with Crippen molar-refractivity contribution in [1.29, 1.82) is 0 Å². The summed E-state index contributed by atoms with van der Waals surface area (Å²) in [5.74, 6) is 0. The van der Waals surface area contributed by atoms with E-state index in [-0.39, 0.29) is 0 Å². The molecule has 1 nitrogen and oxygen atoms in total. The van der Waals surface area contributed by atoms with Gasteiger partial charge in [0.25, 0.3) is 0 Å². The maximum Gasteiger partial charge on any atom is 0.0207 e. The van der Waals surface area contributed by atoms with E-state index in [0.29, 0.717) is 6.04 Å². The predicted molar refractivity (Wildman–Crippen MR) is 83.3 cm³/mol. The van der Waals surface area contributed by atoms with Crippen LogP contribution in [0.4, 0.5) is 0 Å². The molecule has 0 bridgehead atoms. The fraction of sp³-hybridized carbons (Fsp3) is 0.333. The maximum atomic E-state index is 3.63. The zero-order valence-electron chi connectivity index (χ0n) is 10.5. The lowest BCUT2D eigenvalue weighted by molar-refractivity contribution is 0.521. The standard InChI is InChI=1S/C15H18BrNS/c1-2-17-14(9-12-7-8-18-11-12)10-13-5-3-4-6-15(13)16/h3-8,11,14,17H,2,9-10H2,1H3. The topological polar surface area (TPSA) is 12.0 Å². The van der Waals surface area contributed by atoms with Crippen molar-refractivity contribution >= 4 is 27.3 Å². The third-order valence-electron chi connectivity index (χ3n) is 2.98. The Morgan fingerprint density at radius 2 is 2.06 bits per heavy atom. The van der Waals surface area contributed by atoms with Gasteiger partial charge in [0.05, 0.1) is 0 Å². The quantitative estimate of drug-likeness (QED) is 0.836. The summed E-state index contributed by atoms with van der Waals surface area (Å²) in [6, 6.07) is 11.2. The van der Waals surface area contributed by atoms with Crippen molar-refractivity contribution in [2.45, 2.75) is 25.8 Å². The third kappa shape index (κ3) is 3.94. The highest BCUT2D eigenvalue weighted by molar-refractivity contribution is 9.10. The van der Waals surface area contributed by atoms with Gasteiger partial charge in [-0.05, 0) is 53.4 Å². The van der Waals surface area contributed by atoms with Crippen LogP contribution in [0.15, 0.2) is 45.6 Å². The molecule has 0 saturated carbocycles. The van der Waals surface area contributed by atoms with Gasteiger partial charge >= 0.3 is 0 Å². The van der Waals surface area contributed by atoms with Gasteiger partial charge in [-0.3, -0.25) is 0 Å². The second-order valence-electron chi connectivity index (χ2n) is 4.39. The van der Waals surface area contributed by atoms with Crippen LogP contribution in [0, 0.1) is 0 Å². The number of benzene rings is 1. The molecule has 0 radical (unpaired) electrons. The maximum absolute atomic E-state index is 3.63. The SMILES string of the molecule is CCNC(Cc1ccsc1)Cc1ccccc1Br. The largest absolute Gasteiger partial charge is 0.314 e. The Kier molecular flexibility index (Phi) is 5.42. The van der Waals surface area contributed by atoms with Crippen LogP contribution in [0.3, 0.4) is 0 Å². The van der Waals surface area contributed by atoms with E-state index in [1.165, 1.54) is 15.6 Å². The Bertz CT molecular complexity index is 467. The molecule has 0 aliphatic carbocycles. The van der Waals surface area contributed by atoms with Crippen molar-refractivity contribution in [2.75, 3.05) is 6.54 Å². The summed E-state index contributed by atoms with van der Waals surface area (Å²) in [6.07, 6.45) is 2.16. The smallest absolute Gasteiger partial charge is 0.0207 e. The first kappa shape index (κ1) is 13.8. The van der Waals surface area contributed by atoms with Crippen molar-refractivity contribution in [2.24, 2.45) is 0 Å². The van der Waals surface area contributed by atoms with Gasteiger partial charge in [-0.15, -0.1) is 0 Å². The molecule has 0 aliphatic rings. The molecule has 1 aromatic carbocycles. The van der Waals surface area contributed by atoms with E-state index < -0.39 is 0 Å². The molecule has 1 aromatic heterocycles. The minimum Gasteiger partial charge on any atom is -0.314 e. The Morgan fingerprint density at radius 3 is 2.72 bits per heavy atom. The molecule has 1 N–H and O–H groups in total. The van der Waals surface area contributed by atoms with E-state index in [4.69, 9.17) is 0 Å². The molecule has 0 aliphatic heterocycles. The molecule has 2 aromatic rings. The zero-order chi connectivity index (χ0) is 12.8. The first-order valence-electron chi connectivity index (χ1n) is 6.27. The molecular weight excluding hydrogens is 306 g/mol. The van der Waals surface area contributed by atoms with Crippen LogP contribution in [0.2, 0.25) is 0 Å². The van der Waals surface area contributed by atoms with Gasteiger partial charge in [0.15, 0.2) is 0 Å². The van der Waals surface area contributed by atoms with Crippen LogP contribution < -0.4 is 5.32 Å². The normalized spacial score (nSPS) is 12.6. The van der Waals surface area contributed by atoms with Gasteiger partial charge in [0.1, 0.15) is 0 Å². The highest BCUT2D eigenvalue weighted by Crippen LogP contribution is 2.19. The summed E-state index contributed by atoms with van der Waals surface area (Å²) in [5.41, 5.74) is 2.80. The van der Waals surface area contributed by atoms with Gasteiger partial charge in [0, 0.05) is 10.5 Å². The van der Waals surface area contributed by atoms with Crippen molar-refractivity contribution in [3.05, 3.63) is 56.7 Å². The second-order valence-corrected chi connectivity index (χ2v) is 6.02. The van der Waals surface area contributed by atoms with Gasteiger partial charge < -0.3 is 5.32 Å². The molecule has 1 heterocycles. The molecule has 0 spiro atoms. The summed E-state index contributed by atoms with van der Waals surface area (Å²) < 4.78 is 1.21. The Labute approximate surface area is 121 Å². The number of likely N-dealkylation sites (N-methyl/N-ethyl adjacent to an activating group) is 1. The average molecular weight is 324 g/mol. The van der Waals surface area contributed by atoms with Gasteiger partial charge in [-0.2, -0.15) is 11.3 Å². The fourth-order valence-corrected chi connectivity index (χ4v) is 3.26. The monoisotopic (exact) mass is 323 g/mol. The summed E-state index contributed by atoms with van der Waals surface area (Å²) in [4.78, 5) is 0. The first-order chi connectivity index (χ1) is 8.79. The van der Waals surface area contributed by atoms with Gasteiger partial charge in [-0.25, -0.2) is 0 Å². The van der Waals surface area contributed by atoms with E-state index >= 15 is 0 Å². The lowest BCUT2D eigenvalue weighted by atomic mass is 10.0. The molecule has 18 heavy (non-hydrogen) atoms. The van der Waals surface area contributed by atoms with Crippen LogP contribution in [0.1, 0.15) is 18.1 Å². The summed E-state index contributed by atoms with van der Waals surface area (Å²) >= 11 is 5.40. The summed E-state index contributed by atoms with van der Waals surface area (Å²) in [6.45, 7) is 3.18. The molecule has 1 atom stereocenters. The van der Waals surface area contributed by atoms with Gasteiger partial charge in [0.2, 0.25) is 0 Å². The lowest BCUT2D eigenvalue weighted by Gasteiger charge is -2.18. The molecule has 0 fully saturated rings. The summed E-state index contributed by atoms with van der Waals surface area (Å²) in [7, 11) is 0. The Morgan fingerprint density at radius 1 is 1.22 bits per heavy atom. The first-order valence-corrected chi connectivity index (χ1v) is 8.01. The second kappa shape index (κ2) is 7.07. The Hall–Kier alpha value is -0.640. The molecule has 3 heteroatoms. The highest BCUT2D eigenvalue weighted by Gasteiger charge is 2.11. The highest BCUT2D eigenvalue weighted by atomic mass is 79.9. The number of hydrogen-bond acceptors (Lipinski definition) is 2. The van der Waals surface area contributed by atoms with E-state index in [1.54, 1.807) is 11.3 Å². The van der Waals surface area contributed by atoms with Crippen LogP contribution in [0.5, 0.6) is 0 Å². The van der Waals surface area contributed by atoms with Crippen molar-refractivity contribution in [1.82, 2.24) is 5.32 Å². The zero-order valence-corrected chi connectivity index (χ0v) is 12.9. The number of halogens is 1. The molecule has 1 unspecified atom stereocenters.